The van der Waals surface area contributed by atoms with Gasteiger partial charge in [-0.3, -0.25) is 4.79 Å². The Morgan fingerprint density at radius 3 is 2.58 bits per heavy atom. The number of nitrogens with one attached hydrogen (secondary N) is 1. The number of carbonyl (C=O) groups is 1. The summed E-state index contributed by atoms with van der Waals surface area (Å²) in [5.41, 5.74) is 5.95. The highest BCUT2D eigenvalue weighted by molar-refractivity contribution is 6.10. The van der Waals surface area contributed by atoms with Gasteiger partial charge in [0.25, 0.3) is 5.91 Å². The maximum atomic E-state index is 12.8. The largest absolute Gasteiger partial charge is 0.481 e. The van der Waals surface area contributed by atoms with Crippen LogP contribution in [-0.4, -0.2) is 16.6 Å². The predicted molar refractivity (Wildman–Crippen MR) is 127 cm³/mol. The number of ether oxygens (including phenoxy) is 1. The van der Waals surface area contributed by atoms with E-state index in [1.807, 2.05) is 12.1 Å². The summed E-state index contributed by atoms with van der Waals surface area (Å²) in [5, 5.41) is 5.39. The number of hydrogen-bond donors (Lipinski definition) is 1. The van der Waals surface area contributed by atoms with Crippen LogP contribution in [0.1, 0.15) is 37.8 Å². The molecule has 0 bridgehead atoms. The van der Waals surface area contributed by atoms with Crippen LogP contribution in [-0.2, 0) is 24.2 Å². The summed E-state index contributed by atoms with van der Waals surface area (Å²) in [7, 11) is 0. The van der Waals surface area contributed by atoms with E-state index in [0.717, 1.165) is 36.2 Å². The Kier molecular flexibility index (Phi) is 5.14. The molecule has 1 atom stereocenters. The molecule has 4 heteroatoms. The van der Waals surface area contributed by atoms with Crippen molar-refractivity contribution in [3.05, 3.63) is 71.8 Å². The monoisotopic (exact) mass is 412 g/mol. The van der Waals surface area contributed by atoms with E-state index in [0.29, 0.717) is 0 Å². The molecule has 0 saturated heterocycles. The van der Waals surface area contributed by atoms with Crippen molar-refractivity contribution >= 4 is 33.4 Å². The van der Waals surface area contributed by atoms with Crippen molar-refractivity contribution < 1.29 is 9.53 Å². The molecular formula is C27H28N2O2. The maximum Gasteiger partial charge on any atom is 0.265 e. The average molecular weight is 413 g/mol. The van der Waals surface area contributed by atoms with Crippen molar-refractivity contribution in [1.29, 1.82) is 0 Å². The van der Waals surface area contributed by atoms with Crippen molar-refractivity contribution in [1.82, 2.24) is 4.57 Å². The number of carbonyl (C=O) groups excluding carboxylic acids is 1. The highest BCUT2D eigenvalue weighted by Crippen LogP contribution is 2.31. The number of amides is 1. The number of anilines is 1. The SMILES string of the molecule is CCn1c2ccccc2c2cc(NC(=O)[C@H](C)Oc3ccc4c(c3)CCCC4)ccc21. The number of hydrogen-bond acceptors (Lipinski definition) is 2. The Bertz CT molecular complexity index is 1270. The van der Waals surface area contributed by atoms with E-state index in [2.05, 4.69) is 65.3 Å². The molecule has 4 nitrogen and oxygen atoms in total. The van der Waals surface area contributed by atoms with Gasteiger partial charge in [0.1, 0.15) is 5.75 Å². The van der Waals surface area contributed by atoms with E-state index in [1.165, 1.54) is 40.4 Å². The first kappa shape index (κ1) is 19.7. The fourth-order valence-corrected chi connectivity index (χ4v) is 4.76. The second-order valence-electron chi connectivity index (χ2n) is 8.38. The summed E-state index contributed by atoms with van der Waals surface area (Å²) in [6.07, 6.45) is 4.15. The third-order valence-electron chi connectivity index (χ3n) is 6.36. The highest BCUT2D eigenvalue weighted by Gasteiger charge is 2.18. The van der Waals surface area contributed by atoms with Crippen LogP contribution in [0, 0.1) is 0 Å². The van der Waals surface area contributed by atoms with Crippen molar-refractivity contribution in [2.45, 2.75) is 52.2 Å². The quantitative estimate of drug-likeness (QED) is 0.430. The molecule has 0 unspecified atom stereocenters. The van der Waals surface area contributed by atoms with Crippen LogP contribution < -0.4 is 10.1 Å². The number of nitrogens with zero attached hydrogens (tertiary/aromatic N) is 1. The lowest BCUT2D eigenvalue weighted by molar-refractivity contribution is -0.122. The van der Waals surface area contributed by atoms with E-state index in [4.69, 9.17) is 4.74 Å². The lowest BCUT2D eigenvalue weighted by Gasteiger charge is -2.19. The Hall–Kier alpha value is -3.27. The first-order valence-electron chi connectivity index (χ1n) is 11.2. The number of aryl methyl sites for hydroxylation is 3. The van der Waals surface area contributed by atoms with Crippen LogP contribution in [0.25, 0.3) is 21.8 Å². The zero-order valence-electron chi connectivity index (χ0n) is 18.2. The number of para-hydroxylation sites is 1. The highest BCUT2D eigenvalue weighted by atomic mass is 16.5. The number of rotatable bonds is 5. The average Bonchev–Trinajstić information content (AvgIpc) is 3.12. The minimum atomic E-state index is -0.575. The molecule has 1 aromatic heterocycles. The van der Waals surface area contributed by atoms with E-state index < -0.39 is 6.10 Å². The van der Waals surface area contributed by atoms with Crippen LogP contribution in [0.4, 0.5) is 5.69 Å². The molecule has 1 heterocycles. The molecule has 0 fully saturated rings. The molecule has 1 aliphatic rings. The normalized spacial score (nSPS) is 14.4. The third kappa shape index (κ3) is 3.67. The second kappa shape index (κ2) is 8.10. The summed E-state index contributed by atoms with van der Waals surface area (Å²) < 4.78 is 8.28. The van der Waals surface area contributed by atoms with Crippen LogP contribution in [0.5, 0.6) is 5.75 Å². The van der Waals surface area contributed by atoms with Crippen molar-refractivity contribution in [2.75, 3.05) is 5.32 Å². The van der Waals surface area contributed by atoms with Crippen LogP contribution in [0.3, 0.4) is 0 Å². The van der Waals surface area contributed by atoms with Crippen molar-refractivity contribution in [3.63, 3.8) is 0 Å². The minimum absolute atomic E-state index is 0.142. The lowest BCUT2D eigenvalue weighted by atomic mass is 9.92. The van der Waals surface area contributed by atoms with Gasteiger partial charge in [-0.1, -0.05) is 24.3 Å². The lowest BCUT2D eigenvalue weighted by Crippen LogP contribution is -2.30. The molecule has 5 rings (SSSR count). The van der Waals surface area contributed by atoms with Gasteiger partial charge in [0, 0.05) is 34.0 Å². The molecule has 1 N–H and O–H groups in total. The summed E-state index contributed by atoms with van der Waals surface area (Å²) in [6, 6.07) is 20.8. The fraction of sp³-hybridized carbons (Fsp3) is 0.296. The van der Waals surface area contributed by atoms with Gasteiger partial charge in [0.05, 0.1) is 0 Å². The molecule has 0 radical (unpaired) electrons. The zero-order chi connectivity index (χ0) is 21.4. The Labute approximate surface area is 182 Å². The van der Waals surface area contributed by atoms with Gasteiger partial charge in [-0.25, -0.2) is 0 Å². The summed E-state index contributed by atoms with van der Waals surface area (Å²) >= 11 is 0. The molecule has 3 aromatic carbocycles. The van der Waals surface area contributed by atoms with Crippen LogP contribution in [0.2, 0.25) is 0 Å². The Balaban J connectivity index is 1.35. The summed E-state index contributed by atoms with van der Waals surface area (Å²) in [4.78, 5) is 12.8. The first-order chi connectivity index (χ1) is 15.1. The maximum absolute atomic E-state index is 12.8. The molecule has 1 aliphatic carbocycles. The molecule has 158 valence electrons. The fourth-order valence-electron chi connectivity index (χ4n) is 4.76. The number of fused-ring (bicyclic) bond motifs is 4. The smallest absolute Gasteiger partial charge is 0.265 e. The molecule has 4 aromatic rings. The standard InChI is InChI=1S/C27H28N2O2/c1-3-29-25-11-7-6-10-23(25)24-17-21(13-15-26(24)29)28-27(30)18(2)31-22-14-12-19-8-4-5-9-20(19)16-22/h6-7,10-18H,3-5,8-9H2,1-2H3,(H,28,30)/t18-/m0/s1. The zero-order valence-corrected chi connectivity index (χ0v) is 18.2. The molecule has 1 amide bonds. The topological polar surface area (TPSA) is 43.3 Å². The van der Waals surface area contributed by atoms with Crippen LogP contribution in [0.15, 0.2) is 60.7 Å². The van der Waals surface area contributed by atoms with Gasteiger partial charge in [-0.2, -0.15) is 0 Å². The second-order valence-corrected chi connectivity index (χ2v) is 8.38. The van der Waals surface area contributed by atoms with E-state index in [-0.39, 0.29) is 5.91 Å². The number of aromatic nitrogens is 1. The van der Waals surface area contributed by atoms with Gasteiger partial charge in [0.2, 0.25) is 0 Å². The molecule has 0 saturated carbocycles. The molecule has 31 heavy (non-hydrogen) atoms. The first-order valence-corrected chi connectivity index (χ1v) is 11.2. The molecule has 0 aliphatic heterocycles. The van der Waals surface area contributed by atoms with Crippen molar-refractivity contribution in [3.8, 4) is 5.75 Å². The van der Waals surface area contributed by atoms with E-state index in [9.17, 15) is 4.79 Å². The molecular weight excluding hydrogens is 384 g/mol. The number of benzene rings is 3. The summed E-state index contributed by atoms with van der Waals surface area (Å²) in [5.74, 6) is 0.626. The van der Waals surface area contributed by atoms with E-state index >= 15 is 0 Å². The Morgan fingerprint density at radius 1 is 0.968 bits per heavy atom. The summed E-state index contributed by atoms with van der Waals surface area (Å²) in [6.45, 7) is 4.86. The molecule has 0 spiro atoms. The van der Waals surface area contributed by atoms with Gasteiger partial charge in [-0.05, 0) is 87.1 Å². The third-order valence-corrected chi connectivity index (χ3v) is 6.36. The predicted octanol–water partition coefficient (Wildman–Crippen LogP) is 6.10. The van der Waals surface area contributed by atoms with Gasteiger partial charge in [0.15, 0.2) is 6.10 Å². The Morgan fingerprint density at radius 2 is 1.74 bits per heavy atom. The minimum Gasteiger partial charge on any atom is -0.481 e. The van der Waals surface area contributed by atoms with E-state index in [1.54, 1.807) is 6.92 Å². The van der Waals surface area contributed by atoms with Gasteiger partial charge < -0.3 is 14.6 Å². The van der Waals surface area contributed by atoms with Gasteiger partial charge >= 0.3 is 0 Å². The van der Waals surface area contributed by atoms with Crippen LogP contribution >= 0.6 is 0 Å². The van der Waals surface area contributed by atoms with Crippen molar-refractivity contribution in [2.24, 2.45) is 0 Å². The van der Waals surface area contributed by atoms with Gasteiger partial charge in [-0.15, -0.1) is 0 Å².